The molecule has 0 heterocycles. The van der Waals surface area contributed by atoms with Crippen LogP contribution in [0.4, 0.5) is 11.4 Å². The average Bonchev–Trinajstić information content (AvgIpc) is 3.04. The lowest BCUT2D eigenvalue weighted by atomic mass is 9.61. The van der Waals surface area contributed by atoms with E-state index in [1.165, 1.54) is 6.92 Å². The first-order valence-electron chi connectivity index (χ1n) is 16.5. The number of ketones is 1. The van der Waals surface area contributed by atoms with Crippen molar-refractivity contribution in [3.05, 3.63) is 116 Å². The predicted molar refractivity (Wildman–Crippen MR) is 197 cm³/mol. The van der Waals surface area contributed by atoms with Gasteiger partial charge in [-0.1, -0.05) is 59.6 Å². The van der Waals surface area contributed by atoms with Crippen LogP contribution in [0.5, 0.6) is 11.5 Å². The van der Waals surface area contributed by atoms with Gasteiger partial charge in [0, 0.05) is 39.3 Å². The molecule has 10 heteroatoms. The number of carbonyl (C=O) groups is 3. The van der Waals surface area contributed by atoms with Crippen molar-refractivity contribution >= 4 is 52.2 Å². The zero-order valence-electron chi connectivity index (χ0n) is 29.0. The van der Waals surface area contributed by atoms with Crippen LogP contribution in [0.25, 0.3) is 0 Å². The van der Waals surface area contributed by atoms with Crippen molar-refractivity contribution in [1.82, 2.24) is 0 Å². The number of anilines is 2. The van der Waals surface area contributed by atoms with E-state index < -0.39 is 41.0 Å². The van der Waals surface area contributed by atoms with E-state index in [1.807, 2.05) is 58.9 Å². The molecule has 4 atom stereocenters. The number of ether oxygens (including phenoxy) is 2. The molecule has 0 saturated heterocycles. The summed E-state index contributed by atoms with van der Waals surface area (Å²) in [6.07, 6.45) is -0.388. The molecule has 1 aliphatic rings. The number of hydrogen-bond acceptors (Lipinski definition) is 6. The maximum absolute atomic E-state index is 14.4. The molecule has 50 heavy (non-hydrogen) atoms. The summed E-state index contributed by atoms with van der Waals surface area (Å²) in [6.45, 7) is 11.4. The number of halogens is 2. The first-order chi connectivity index (χ1) is 23.7. The molecule has 0 aromatic heterocycles. The Balaban J connectivity index is 1.59. The van der Waals surface area contributed by atoms with Crippen LogP contribution >= 0.6 is 23.2 Å². The summed E-state index contributed by atoms with van der Waals surface area (Å²) in [6, 6.07) is 21.3. The van der Waals surface area contributed by atoms with Gasteiger partial charge in [0.25, 0.3) is 0 Å². The van der Waals surface area contributed by atoms with E-state index in [4.69, 9.17) is 32.7 Å². The second kappa shape index (κ2) is 15.3. The molecule has 2 amide bonds. The van der Waals surface area contributed by atoms with Crippen LogP contribution in [0, 0.1) is 39.5 Å². The molecule has 3 N–H and O–H groups in total. The van der Waals surface area contributed by atoms with Gasteiger partial charge in [-0.05, 0) is 106 Å². The number of nitrogens with one attached hydrogen (secondary N) is 2. The summed E-state index contributed by atoms with van der Waals surface area (Å²) >= 11 is 12.4. The Bertz CT molecular complexity index is 1940. The van der Waals surface area contributed by atoms with Crippen molar-refractivity contribution in [2.24, 2.45) is 11.8 Å². The number of carbonyl (C=O) groups excluding carboxylic acids is 3. The second-order valence-corrected chi connectivity index (χ2v) is 14.0. The summed E-state index contributed by atoms with van der Waals surface area (Å²) < 4.78 is 12.1. The van der Waals surface area contributed by atoms with Gasteiger partial charge in [0.2, 0.25) is 11.8 Å². The zero-order valence-corrected chi connectivity index (χ0v) is 30.5. The summed E-state index contributed by atoms with van der Waals surface area (Å²) in [5.41, 5.74) is 4.21. The van der Waals surface area contributed by atoms with Gasteiger partial charge in [0.15, 0.2) is 11.5 Å². The summed E-state index contributed by atoms with van der Waals surface area (Å²) in [5.74, 6) is -4.40. The Morgan fingerprint density at radius 3 is 2.06 bits per heavy atom. The molecule has 4 aromatic rings. The number of aryl methyl sites for hydroxylation is 2. The highest BCUT2D eigenvalue weighted by Gasteiger charge is 2.56. The lowest BCUT2D eigenvalue weighted by molar-refractivity contribution is -0.150. The standard InChI is InChI=1S/C40H42Cl2N2O6/c1-7-49-34-18-26(15-17-33(34)50-21-27-14-16-28(41)19-29(27)42)35-36(38(46)43-30-12-8-10-22(2)24(30)4)32(45)20-40(6,48)37(35)39(47)44-31-13-9-11-23(3)25(31)5/h8-19,35-37,48H,7,20-21H2,1-6H3,(H,43,46)(H,44,47). The van der Waals surface area contributed by atoms with Crippen molar-refractivity contribution < 1.29 is 29.0 Å². The fraction of sp³-hybridized carbons (Fsp3) is 0.325. The summed E-state index contributed by atoms with van der Waals surface area (Å²) in [5, 5.41) is 18.8. The van der Waals surface area contributed by atoms with E-state index in [0.29, 0.717) is 44.0 Å². The van der Waals surface area contributed by atoms with E-state index in [0.717, 1.165) is 22.3 Å². The smallest absolute Gasteiger partial charge is 0.235 e. The van der Waals surface area contributed by atoms with Crippen LogP contribution in [-0.4, -0.2) is 34.9 Å². The van der Waals surface area contributed by atoms with Crippen LogP contribution < -0.4 is 20.1 Å². The molecule has 4 aromatic carbocycles. The van der Waals surface area contributed by atoms with Gasteiger partial charge in [-0.3, -0.25) is 14.4 Å². The van der Waals surface area contributed by atoms with Gasteiger partial charge in [0.05, 0.1) is 18.1 Å². The second-order valence-electron chi connectivity index (χ2n) is 13.1. The monoisotopic (exact) mass is 716 g/mol. The lowest BCUT2D eigenvalue weighted by Crippen LogP contribution is -2.56. The third kappa shape index (κ3) is 7.83. The van der Waals surface area contributed by atoms with Crippen molar-refractivity contribution in [3.8, 4) is 11.5 Å². The van der Waals surface area contributed by atoms with Crippen molar-refractivity contribution in [1.29, 1.82) is 0 Å². The summed E-state index contributed by atoms with van der Waals surface area (Å²) in [7, 11) is 0. The SMILES string of the molecule is CCOc1cc(C2C(C(=O)Nc3cccc(C)c3C)C(=O)CC(C)(O)C2C(=O)Nc2cccc(C)c2C)ccc1OCc1ccc(Cl)cc1Cl. The first kappa shape index (κ1) is 36.9. The van der Waals surface area contributed by atoms with Crippen molar-refractivity contribution in [3.63, 3.8) is 0 Å². The fourth-order valence-corrected chi connectivity index (χ4v) is 7.06. The number of amides is 2. The Morgan fingerprint density at radius 2 is 1.46 bits per heavy atom. The van der Waals surface area contributed by atoms with Gasteiger partial charge in [-0.15, -0.1) is 0 Å². The minimum atomic E-state index is -1.79. The maximum Gasteiger partial charge on any atom is 0.235 e. The van der Waals surface area contributed by atoms with Crippen LogP contribution in [0.1, 0.15) is 59.6 Å². The van der Waals surface area contributed by atoms with Crippen LogP contribution in [-0.2, 0) is 21.0 Å². The van der Waals surface area contributed by atoms with Crippen molar-refractivity contribution in [2.45, 2.75) is 66.1 Å². The molecule has 5 rings (SSSR count). The van der Waals surface area contributed by atoms with Crippen LogP contribution in [0.2, 0.25) is 10.0 Å². The lowest BCUT2D eigenvalue weighted by Gasteiger charge is -2.44. The molecule has 1 aliphatic carbocycles. The molecule has 1 saturated carbocycles. The van der Waals surface area contributed by atoms with Crippen LogP contribution in [0.3, 0.4) is 0 Å². The number of benzene rings is 4. The number of rotatable bonds is 10. The molecule has 0 bridgehead atoms. The highest BCUT2D eigenvalue weighted by molar-refractivity contribution is 6.35. The Labute approximate surface area is 303 Å². The molecule has 8 nitrogen and oxygen atoms in total. The summed E-state index contributed by atoms with van der Waals surface area (Å²) in [4.78, 5) is 42.6. The van der Waals surface area contributed by atoms with Gasteiger partial charge in [-0.25, -0.2) is 0 Å². The van der Waals surface area contributed by atoms with Crippen molar-refractivity contribution in [2.75, 3.05) is 17.2 Å². The van der Waals surface area contributed by atoms with E-state index in [9.17, 15) is 19.5 Å². The zero-order chi connectivity index (χ0) is 36.3. The minimum absolute atomic E-state index is 0.119. The highest BCUT2D eigenvalue weighted by atomic mass is 35.5. The van der Waals surface area contributed by atoms with Gasteiger partial charge < -0.3 is 25.2 Å². The third-order valence-electron chi connectivity index (χ3n) is 9.61. The third-order valence-corrected chi connectivity index (χ3v) is 10.2. The van der Waals surface area contributed by atoms with Gasteiger partial charge in [-0.2, -0.15) is 0 Å². The number of Topliss-reactive ketones (excluding diaryl/α,β-unsaturated/α-hetero) is 1. The first-order valence-corrected chi connectivity index (χ1v) is 17.3. The van der Waals surface area contributed by atoms with Crippen LogP contribution in [0.15, 0.2) is 72.8 Å². The molecule has 4 unspecified atom stereocenters. The number of aliphatic hydroxyl groups is 1. The molecule has 0 radical (unpaired) electrons. The fourth-order valence-electron chi connectivity index (χ4n) is 6.60. The topological polar surface area (TPSA) is 114 Å². The minimum Gasteiger partial charge on any atom is -0.490 e. The molecular weight excluding hydrogens is 675 g/mol. The van der Waals surface area contributed by atoms with E-state index in [1.54, 1.807) is 48.5 Å². The average molecular weight is 718 g/mol. The molecule has 262 valence electrons. The number of hydrogen-bond donors (Lipinski definition) is 3. The Kier molecular flexibility index (Phi) is 11.3. The normalized spacial score (nSPS) is 20.3. The van der Waals surface area contributed by atoms with E-state index in [2.05, 4.69) is 10.6 Å². The van der Waals surface area contributed by atoms with Gasteiger partial charge in [0.1, 0.15) is 18.3 Å². The Hall–Kier alpha value is -4.37. The molecular formula is C40H42Cl2N2O6. The highest BCUT2D eigenvalue weighted by Crippen LogP contribution is 2.48. The largest absolute Gasteiger partial charge is 0.490 e. The van der Waals surface area contributed by atoms with Gasteiger partial charge >= 0.3 is 0 Å². The maximum atomic E-state index is 14.4. The molecule has 0 aliphatic heterocycles. The molecule has 0 spiro atoms. The predicted octanol–water partition coefficient (Wildman–Crippen LogP) is 8.52. The van der Waals surface area contributed by atoms with E-state index >= 15 is 0 Å². The molecule has 1 fully saturated rings. The Morgan fingerprint density at radius 1 is 0.840 bits per heavy atom. The van der Waals surface area contributed by atoms with E-state index in [-0.39, 0.29) is 19.6 Å². The quantitative estimate of drug-likeness (QED) is 0.142.